The first-order valence-corrected chi connectivity index (χ1v) is 6.63. The molecule has 1 aromatic carbocycles. The molecule has 0 spiro atoms. The molecule has 1 heterocycles. The van der Waals surface area contributed by atoms with E-state index >= 15 is 0 Å². The van der Waals surface area contributed by atoms with Crippen molar-refractivity contribution in [2.75, 3.05) is 13.1 Å². The molecular formula is C12H14F3NO3S. The molecule has 0 bridgehead atoms. The number of carboxylic acid groups (broad SMARTS) is 1. The quantitative estimate of drug-likeness (QED) is 0.783. The fourth-order valence-corrected chi connectivity index (χ4v) is 2.56. The van der Waals surface area contributed by atoms with Gasteiger partial charge in [0.05, 0.1) is 0 Å². The Labute approximate surface area is 118 Å². The van der Waals surface area contributed by atoms with Crippen LogP contribution in [0.25, 0.3) is 0 Å². The molecule has 4 nitrogen and oxygen atoms in total. The molecule has 1 atom stereocenters. The molecular weight excluding hydrogens is 295 g/mol. The second-order valence-corrected chi connectivity index (χ2v) is 5.40. The largest absolute Gasteiger partial charge is 0.508 e. The van der Waals surface area contributed by atoms with E-state index in [0.717, 1.165) is 13.1 Å². The van der Waals surface area contributed by atoms with Crippen molar-refractivity contribution >= 4 is 17.7 Å². The van der Waals surface area contributed by atoms with Crippen molar-refractivity contribution in [3.8, 4) is 5.75 Å². The second kappa shape index (κ2) is 7.39. The van der Waals surface area contributed by atoms with E-state index in [-0.39, 0.29) is 0 Å². The molecule has 1 fully saturated rings. The van der Waals surface area contributed by atoms with Crippen molar-refractivity contribution in [1.29, 1.82) is 0 Å². The Hall–Kier alpha value is -1.41. The smallest absolute Gasteiger partial charge is 0.490 e. The first-order chi connectivity index (χ1) is 9.29. The number of aliphatic carboxylic acids is 1. The molecule has 1 aliphatic heterocycles. The standard InChI is InChI=1S/C10H13NOS.C2HF3O2/c12-8-1-3-9(4-2-8)13-10-5-6-11-7-10;3-2(4,5)1(6)7/h1-4,10-12H,5-7H2;(H,6,7). The van der Waals surface area contributed by atoms with Gasteiger partial charge in [-0.25, -0.2) is 4.79 Å². The molecule has 112 valence electrons. The number of hydrogen-bond donors (Lipinski definition) is 3. The summed E-state index contributed by atoms with van der Waals surface area (Å²) >= 11 is 1.89. The highest BCUT2D eigenvalue weighted by Gasteiger charge is 2.38. The minimum absolute atomic E-state index is 0.342. The van der Waals surface area contributed by atoms with E-state index in [9.17, 15) is 13.2 Å². The molecule has 0 aromatic heterocycles. The first-order valence-electron chi connectivity index (χ1n) is 5.75. The van der Waals surface area contributed by atoms with Crippen molar-refractivity contribution in [1.82, 2.24) is 5.32 Å². The lowest BCUT2D eigenvalue weighted by Crippen LogP contribution is -2.21. The lowest BCUT2D eigenvalue weighted by atomic mass is 10.3. The maximum Gasteiger partial charge on any atom is 0.490 e. The molecule has 1 saturated heterocycles. The SMILES string of the molecule is O=C(O)C(F)(F)F.Oc1ccc(SC2CCNC2)cc1. The summed E-state index contributed by atoms with van der Waals surface area (Å²) in [6, 6.07) is 7.42. The number of alkyl halides is 3. The number of halogens is 3. The third-order valence-electron chi connectivity index (χ3n) is 2.40. The fourth-order valence-electron chi connectivity index (χ4n) is 1.45. The van der Waals surface area contributed by atoms with Crippen molar-refractivity contribution in [2.24, 2.45) is 0 Å². The zero-order valence-corrected chi connectivity index (χ0v) is 11.2. The number of aromatic hydroxyl groups is 1. The highest BCUT2D eigenvalue weighted by molar-refractivity contribution is 8.00. The Kier molecular flexibility index (Phi) is 6.15. The molecule has 0 aliphatic carbocycles. The topological polar surface area (TPSA) is 69.6 Å². The summed E-state index contributed by atoms with van der Waals surface area (Å²) in [5.74, 6) is -2.42. The predicted molar refractivity (Wildman–Crippen MR) is 68.9 cm³/mol. The van der Waals surface area contributed by atoms with Gasteiger partial charge in [-0.15, -0.1) is 11.8 Å². The molecule has 0 amide bonds. The summed E-state index contributed by atoms with van der Waals surface area (Å²) in [7, 11) is 0. The molecule has 1 aliphatic rings. The Morgan fingerprint density at radius 3 is 2.25 bits per heavy atom. The second-order valence-electron chi connectivity index (χ2n) is 4.03. The minimum atomic E-state index is -5.08. The van der Waals surface area contributed by atoms with Gasteiger partial charge < -0.3 is 15.5 Å². The van der Waals surface area contributed by atoms with E-state index in [1.807, 2.05) is 23.9 Å². The van der Waals surface area contributed by atoms with Gasteiger partial charge in [-0.1, -0.05) is 0 Å². The zero-order valence-electron chi connectivity index (χ0n) is 10.4. The molecule has 0 radical (unpaired) electrons. The molecule has 8 heteroatoms. The number of phenolic OH excluding ortho intramolecular Hbond substituents is 1. The van der Waals surface area contributed by atoms with Crippen LogP contribution in [0.5, 0.6) is 5.75 Å². The van der Waals surface area contributed by atoms with Crippen LogP contribution in [0.4, 0.5) is 13.2 Å². The summed E-state index contributed by atoms with van der Waals surface area (Å²) in [5.41, 5.74) is 0. The number of hydrogen-bond acceptors (Lipinski definition) is 4. The lowest BCUT2D eigenvalue weighted by Gasteiger charge is -2.07. The van der Waals surface area contributed by atoms with E-state index in [0.29, 0.717) is 11.0 Å². The average Bonchev–Trinajstić information content (AvgIpc) is 2.84. The summed E-state index contributed by atoms with van der Waals surface area (Å²) in [4.78, 5) is 10.1. The monoisotopic (exact) mass is 309 g/mol. The molecule has 1 unspecified atom stereocenters. The molecule has 0 saturated carbocycles. The maximum atomic E-state index is 10.6. The van der Waals surface area contributed by atoms with Crippen LogP contribution in [-0.4, -0.2) is 40.7 Å². The van der Waals surface area contributed by atoms with Crippen LogP contribution in [-0.2, 0) is 4.79 Å². The maximum absolute atomic E-state index is 10.6. The predicted octanol–water partition coefficient (Wildman–Crippen LogP) is 2.48. The van der Waals surface area contributed by atoms with Crippen LogP contribution >= 0.6 is 11.8 Å². The number of carbonyl (C=O) groups is 1. The van der Waals surface area contributed by atoms with Gasteiger partial charge in [0.2, 0.25) is 0 Å². The summed E-state index contributed by atoms with van der Waals surface area (Å²) < 4.78 is 31.7. The Morgan fingerprint density at radius 2 is 1.85 bits per heavy atom. The van der Waals surface area contributed by atoms with Crippen molar-refractivity contribution in [3.63, 3.8) is 0 Å². The molecule has 20 heavy (non-hydrogen) atoms. The first kappa shape index (κ1) is 16.6. The highest BCUT2D eigenvalue weighted by Crippen LogP contribution is 2.27. The Morgan fingerprint density at radius 1 is 1.30 bits per heavy atom. The fraction of sp³-hybridized carbons (Fsp3) is 0.417. The van der Waals surface area contributed by atoms with Gasteiger partial charge in [-0.05, 0) is 37.2 Å². The third kappa shape index (κ3) is 6.16. The van der Waals surface area contributed by atoms with E-state index in [1.54, 1.807) is 12.1 Å². The van der Waals surface area contributed by atoms with Crippen molar-refractivity contribution < 1.29 is 28.2 Å². The van der Waals surface area contributed by atoms with Gasteiger partial charge in [0.15, 0.2) is 0 Å². The third-order valence-corrected chi connectivity index (χ3v) is 3.68. The van der Waals surface area contributed by atoms with Gasteiger partial charge in [-0.2, -0.15) is 13.2 Å². The number of rotatable bonds is 2. The normalized spacial score (nSPS) is 18.2. The van der Waals surface area contributed by atoms with E-state index in [2.05, 4.69) is 5.32 Å². The van der Waals surface area contributed by atoms with E-state index in [1.165, 1.54) is 11.3 Å². The molecule has 3 N–H and O–H groups in total. The summed E-state index contributed by atoms with van der Waals surface area (Å²) in [5, 5.41) is 20.3. The van der Waals surface area contributed by atoms with Gasteiger partial charge in [0, 0.05) is 16.7 Å². The Balaban J connectivity index is 0.000000246. The van der Waals surface area contributed by atoms with E-state index in [4.69, 9.17) is 15.0 Å². The van der Waals surface area contributed by atoms with Gasteiger partial charge in [0.1, 0.15) is 5.75 Å². The van der Waals surface area contributed by atoms with Crippen LogP contribution in [0.1, 0.15) is 6.42 Å². The highest BCUT2D eigenvalue weighted by atomic mass is 32.2. The van der Waals surface area contributed by atoms with Gasteiger partial charge >= 0.3 is 12.1 Å². The zero-order chi connectivity index (χ0) is 15.2. The van der Waals surface area contributed by atoms with Crippen molar-refractivity contribution in [2.45, 2.75) is 22.7 Å². The van der Waals surface area contributed by atoms with Crippen molar-refractivity contribution in [3.05, 3.63) is 24.3 Å². The lowest BCUT2D eigenvalue weighted by molar-refractivity contribution is -0.192. The van der Waals surface area contributed by atoms with Crippen LogP contribution in [0.3, 0.4) is 0 Å². The van der Waals surface area contributed by atoms with Gasteiger partial charge in [-0.3, -0.25) is 0 Å². The number of carboxylic acids is 1. The van der Waals surface area contributed by atoms with Gasteiger partial charge in [0.25, 0.3) is 0 Å². The Bertz CT molecular complexity index is 431. The number of phenols is 1. The van der Waals surface area contributed by atoms with Crippen LogP contribution in [0.2, 0.25) is 0 Å². The van der Waals surface area contributed by atoms with Crippen LogP contribution < -0.4 is 5.32 Å². The average molecular weight is 309 g/mol. The summed E-state index contributed by atoms with van der Waals surface area (Å²) in [6.45, 7) is 2.24. The number of nitrogens with one attached hydrogen (secondary N) is 1. The van der Waals surface area contributed by atoms with E-state index < -0.39 is 12.1 Å². The number of thioether (sulfide) groups is 1. The molecule has 1 aromatic rings. The summed E-state index contributed by atoms with van der Waals surface area (Å²) in [6.07, 6.45) is -3.84. The van der Waals surface area contributed by atoms with Crippen LogP contribution in [0.15, 0.2) is 29.2 Å². The minimum Gasteiger partial charge on any atom is -0.508 e. The molecule has 2 rings (SSSR count). The number of benzene rings is 1. The van der Waals surface area contributed by atoms with Crippen LogP contribution in [0, 0.1) is 0 Å².